The van der Waals surface area contributed by atoms with Crippen LogP contribution in [0.2, 0.25) is 0 Å². The molecule has 0 radical (unpaired) electrons. The van der Waals surface area contributed by atoms with Crippen LogP contribution in [0.3, 0.4) is 0 Å². The van der Waals surface area contributed by atoms with E-state index in [1.807, 2.05) is 18.2 Å². The summed E-state index contributed by atoms with van der Waals surface area (Å²) in [6.45, 7) is 2.42. The van der Waals surface area contributed by atoms with Crippen LogP contribution >= 0.6 is 15.9 Å². The minimum absolute atomic E-state index is 0.172. The summed E-state index contributed by atoms with van der Waals surface area (Å²) >= 11 is 3.36. The monoisotopic (exact) mass is 298 g/mol. The van der Waals surface area contributed by atoms with Crippen LogP contribution in [0.1, 0.15) is 32.6 Å². The van der Waals surface area contributed by atoms with Crippen molar-refractivity contribution < 1.29 is 5.11 Å². The lowest BCUT2D eigenvalue weighted by molar-refractivity contribution is 0.149. The molecular formula is C13H19BrN2O. The predicted molar refractivity (Wildman–Crippen MR) is 73.0 cm³/mol. The molecule has 3 nitrogen and oxygen atoms in total. The van der Waals surface area contributed by atoms with Crippen LogP contribution in [0.15, 0.2) is 22.8 Å². The van der Waals surface area contributed by atoms with E-state index in [1.54, 1.807) is 0 Å². The molecule has 0 aliphatic heterocycles. The van der Waals surface area contributed by atoms with Crippen LogP contribution in [0.4, 0.5) is 5.82 Å². The Hall–Kier alpha value is -0.610. The summed E-state index contributed by atoms with van der Waals surface area (Å²) in [7, 11) is 0. The maximum absolute atomic E-state index is 9.69. The van der Waals surface area contributed by atoms with Gasteiger partial charge in [-0.25, -0.2) is 4.98 Å². The van der Waals surface area contributed by atoms with E-state index in [0.29, 0.717) is 5.92 Å². The minimum Gasteiger partial charge on any atom is -0.394 e. The molecular weight excluding hydrogens is 280 g/mol. The maximum Gasteiger partial charge on any atom is 0.127 e. The van der Waals surface area contributed by atoms with Crippen molar-refractivity contribution in [3.05, 3.63) is 22.8 Å². The highest BCUT2D eigenvalue weighted by Crippen LogP contribution is 2.34. The Labute approximate surface area is 111 Å². The van der Waals surface area contributed by atoms with Crippen LogP contribution in [-0.4, -0.2) is 22.2 Å². The van der Waals surface area contributed by atoms with Gasteiger partial charge in [-0.3, -0.25) is 0 Å². The number of halogens is 1. The molecule has 2 N–H and O–H groups in total. The van der Waals surface area contributed by atoms with E-state index < -0.39 is 0 Å². The third-order valence-electron chi connectivity index (χ3n) is 3.50. The van der Waals surface area contributed by atoms with E-state index in [9.17, 15) is 5.11 Å². The molecule has 1 aromatic rings. The van der Waals surface area contributed by atoms with Crippen LogP contribution < -0.4 is 5.32 Å². The molecule has 0 saturated heterocycles. The number of hydrogen-bond donors (Lipinski definition) is 2. The van der Waals surface area contributed by atoms with Crippen LogP contribution in [0.5, 0.6) is 0 Å². The summed E-state index contributed by atoms with van der Waals surface area (Å²) in [5.74, 6) is 1.50. The SMILES string of the molecule is CC1CCCC(CO)(Nc2cccc(Br)n2)C1. The summed E-state index contributed by atoms with van der Waals surface area (Å²) in [4.78, 5) is 4.38. The molecule has 1 fully saturated rings. The van der Waals surface area contributed by atoms with Gasteiger partial charge in [-0.2, -0.15) is 0 Å². The average molecular weight is 299 g/mol. The topological polar surface area (TPSA) is 45.1 Å². The predicted octanol–water partition coefficient (Wildman–Crippen LogP) is 3.20. The first-order chi connectivity index (χ1) is 8.13. The zero-order valence-electron chi connectivity index (χ0n) is 10.1. The molecule has 94 valence electrons. The Morgan fingerprint density at radius 3 is 3.06 bits per heavy atom. The Bertz CT molecular complexity index is 385. The molecule has 1 aliphatic carbocycles. The number of aliphatic hydroxyl groups excluding tert-OH is 1. The summed E-state index contributed by atoms with van der Waals surface area (Å²) in [5, 5.41) is 13.1. The highest BCUT2D eigenvalue weighted by molar-refractivity contribution is 9.10. The second-order valence-electron chi connectivity index (χ2n) is 5.11. The Balaban J connectivity index is 2.13. The van der Waals surface area contributed by atoms with E-state index in [4.69, 9.17) is 0 Å². The largest absolute Gasteiger partial charge is 0.394 e. The van der Waals surface area contributed by atoms with E-state index in [-0.39, 0.29) is 12.1 Å². The van der Waals surface area contributed by atoms with Crippen LogP contribution in [-0.2, 0) is 0 Å². The van der Waals surface area contributed by atoms with Gasteiger partial charge in [0.05, 0.1) is 12.1 Å². The minimum atomic E-state index is -0.189. The van der Waals surface area contributed by atoms with E-state index >= 15 is 0 Å². The lowest BCUT2D eigenvalue weighted by Crippen LogP contribution is -2.46. The van der Waals surface area contributed by atoms with Gasteiger partial charge in [0.15, 0.2) is 0 Å². The van der Waals surface area contributed by atoms with Gasteiger partial charge < -0.3 is 10.4 Å². The van der Waals surface area contributed by atoms with E-state index in [0.717, 1.165) is 23.3 Å². The smallest absolute Gasteiger partial charge is 0.127 e. The van der Waals surface area contributed by atoms with Crippen LogP contribution in [0.25, 0.3) is 0 Å². The number of aromatic nitrogens is 1. The maximum atomic E-state index is 9.69. The molecule has 0 bridgehead atoms. The summed E-state index contributed by atoms with van der Waals surface area (Å²) < 4.78 is 0.819. The van der Waals surface area contributed by atoms with Gasteiger partial charge in [0.1, 0.15) is 10.4 Å². The first-order valence-corrected chi connectivity index (χ1v) is 6.94. The third-order valence-corrected chi connectivity index (χ3v) is 3.94. The molecule has 0 spiro atoms. The summed E-state index contributed by atoms with van der Waals surface area (Å²) in [6, 6.07) is 5.80. The second-order valence-corrected chi connectivity index (χ2v) is 5.92. The number of anilines is 1. The highest BCUT2D eigenvalue weighted by atomic mass is 79.9. The lowest BCUT2D eigenvalue weighted by atomic mass is 9.77. The first kappa shape index (κ1) is 12.8. The standard InChI is InChI=1S/C13H19BrN2O/c1-10-4-3-7-13(8-10,9-17)16-12-6-2-5-11(14)15-12/h2,5-6,10,17H,3-4,7-9H2,1H3,(H,15,16). The number of nitrogens with zero attached hydrogens (tertiary/aromatic N) is 1. The number of aliphatic hydroxyl groups is 1. The van der Waals surface area contributed by atoms with Crippen molar-refractivity contribution in [1.82, 2.24) is 4.98 Å². The molecule has 0 aromatic carbocycles. The van der Waals surface area contributed by atoms with Crippen molar-refractivity contribution in [3.63, 3.8) is 0 Å². The number of rotatable bonds is 3. The highest BCUT2D eigenvalue weighted by Gasteiger charge is 2.34. The third kappa shape index (κ3) is 3.19. The van der Waals surface area contributed by atoms with Gasteiger partial charge in [0.25, 0.3) is 0 Å². The molecule has 17 heavy (non-hydrogen) atoms. The molecule has 2 rings (SSSR count). The number of pyridine rings is 1. The Kier molecular flexibility index (Phi) is 4.05. The fraction of sp³-hybridized carbons (Fsp3) is 0.615. The molecule has 4 heteroatoms. The number of hydrogen-bond acceptors (Lipinski definition) is 3. The summed E-state index contributed by atoms with van der Waals surface area (Å²) in [6.07, 6.45) is 4.46. The van der Waals surface area contributed by atoms with E-state index in [1.165, 1.54) is 12.8 Å². The summed E-state index contributed by atoms with van der Waals surface area (Å²) in [5.41, 5.74) is -0.189. The molecule has 1 saturated carbocycles. The molecule has 2 atom stereocenters. The molecule has 0 amide bonds. The molecule has 1 aliphatic rings. The van der Waals surface area contributed by atoms with Gasteiger partial charge >= 0.3 is 0 Å². The van der Waals surface area contributed by atoms with Crippen molar-refractivity contribution in [2.24, 2.45) is 5.92 Å². The average Bonchev–Trinajstić information content (AvgIpc) is 2.29. The zero-order chi connectivity index (χ0) is 12.3. The fourth-order valence-corrected chi connectivity index (χ4v) is 3.05. The lowest BCUT2D eigenvalue weighted by Gasteiger charge is -2.39. The second kappa shape index (κ2) is 5.36. The van der Waals surface area contributed by atoms with Gasteiger partial charge in [0, 0.05) is 0 Å². The molecule has 1 aromatic heterocycles. The van der Waals surface area contributed by atoms with Crippen molar-refractivity contribution in [2.75, 3.05) is 11.9 Å². The Morgan fingerprint density at radius 2 is 2.41 bits per heavy atom. The molecule has 1 heterocycles. The van der Waals surface area contributed by atoms with Crippen molar-refractivity contribution in [1.29, 1.82) is 0 Å². The van der Waals surface area contributed by atoms with Crippen molar-refractivity contribution in [3.8, 4) is 0 Å². The van der Waals surface area contributed by atoms with Crippen LogP contribution in [0, 0.1) is 5.92 Å². The normalized spacial score (nSPS) is 29.0. The van der Waals surface area contributed by atoms with Crippen molar-refractivity contribution in [2.45, 2.75) is 38.1 Å². The Morgan fingerprint density at radius 1 is 1.59 bits per heavy atom. The van der Waals surface area contributed by atoms with Gasteiger partial charge in [-0.15, -0.1) is 0 Å². The van der Waals surface area contributed by atoms with Crippen molar-refractivity contribution >= 4 is 21.7 Å². The van der Waals surface area contributed by atoms with Gasteiger partial charge in [-0.1, -0.05) is 25.8 Å². The van der Waals surface area contributed by atoms with Gasteiger partial charge in [0.2, 0.25) is 0 Å². The molecule has 2 unspecified atom stereocenters. The van der Waals surface area contributed by atoms with Gasteiger partial charge in [-0.05, 0) is 46.8 Å². The number of nitrogens with one attached hydrogen (secondary N) is 1. The fourth-order valence-electron chi connectivity index (χ4n) is 2.71. The van der Waals surface area contributed by atoms with E-state index in [2.05, 4.69) is 33.2 Å². The first-order valence-electron chi connectivity index (χ1n) is 6.15. The quantitative estimate of drug-likeness (QED) is 0.843. The zero-order valence-corrected chi connectivity index (χ0v) is 11.7.